The van der Waals surface area contributed by atoms with Crippen LogP contribution >= 0.6 is 22.8 Å². The van der Waals surface area contributed by atoms with E-state index in [2.05, 4.69) is 106 Å². The largest absolute Gasteiger partial charge is 0.0642 e. The maximum absolute atomic E-state index is 3.62. The zero-order chi connectivity index (χ0) is 19.5. The summed E-state index contributed by atoms with van der Waals surface area (Å²) in [5.41, 5.74) is 4.62. The van der Waals surface area contributed by atoms with E-state index < -0.39 is 0 Å². The zero-order valence-electron chi connectivity index (χ0n) is 16.5. The van der Waals surface area contributed by atoms with Crippen molar-refractivity contribution in [1.29, 1.82) is 0 Å². The molecule has 0 fully saturated rings. The highest BCUT2D eigenvalue weighted by atomic mass is 79.9. The Morgan fingerprint density at radius 1 is 0.571 bits per heavy atom. The third kappa shape index (κ3) is 6.87. The lowest BCUT2D eigenvalue weighted by Crippen LogP contribution is -2.30. The van der Waals surface area contributed by atoms with Crippen LogP contribution in [0.5, 0.6) is 0 Å². The summed E-state index contributed by atoms with van der Waals surface area (Å²) in [5.74, 6) is 0. The van der Waals surface area contributed by atoms with Gasteiger partial charge in [0, 0.05) is 0 Å². The SMILES string of the molecule is BrPCCCCC(Cc1ccccc1)(Cc1ccccc1)Cc1ccccc1. The number of halogens is 1. The summed E-state index contributed by atoms with van der Waals surface area (Å²) in [5, 5.41) is 0. The molecule has 0 amide bonds. The molecule has 3 aromatic rings. The van der Waals surface area contributed by atoms with Gasteiger partial charge in [-0.05, 0) is 60.4 Å². The minimum atomic E-state index is 0.249. The van der Waals surface area contributed by atoms with Gasteiger partial charge >= 0.3 is 0 Å². The Hall–Kier alpha value is -1.43. The molecular weight excluding hydrogens is 423 g/mol. The van der Waals surface area contributed by atoms with Gasteiger partial charge in [0.2, 0.25) is 0 Å². The van der Waals surface area contributed by atoms with Crippen molar-refractivity contribution in [2.24, 2.45) is 5.41 Å². The third-order valence-electron chi connectivity index (χ3n) is 5.49. The first-order chi connectivity index (χ1) is 13.8. The second-order valence-electron chi connectivity index (χ2n) is 7.83. The van der Waals surface area contributed by atoms with Crippen LogP contribution in [0.1, 0.15) is 36.0 Å². The van der Waals surface area contributed by atoms with Gasteiger partial charge in [-0.3, -0.25) is 0 Å². The van der Waals surface area contributed by atoms with Gasteiger partial charge in [-0.1, -0.05) is 120 Å². The Bertz CT molecular complexity index is 685. The van der Waals surface area contributed by atoms with E-state index in [4.69, 9.17) is 0 Å². The standard InChI is InChI=1S/C26H30BrP/c27-28-19-11-10-18-26(20-23-12-4-1-5-13-23,21-24-14-6-2-7-15-24)22-25-16-8-3-9-17-25/h1-9,12-17,28H,10-11,18-22H2. The molecule has 0 aliphatic rings. The molecule has 3 rings (SSSR count). The van der Waals surface area contributed by atoms with Crippen LogP contribution in [0, 0.1) is 5.41 Å². The van der Waals surface area contributed by atoms with E-state index >= 15 is 0 Å². The average Bonchev–Trinajstić information content (AvgIpc) is 2.73. The molecule has 146 valence electrons. The first-order valence-corrected chi connectivity index (χ1v) is 13.7. The predicted molar refractivity (Wildman–Crippen MR) is 129 cm³/mol. The summed E-state index contributed by atoms with van der Waals surface area (Å²) in [6.07, 6.45) is 8.56. The molecule has 0 nitrogen and oxygen atoms in total. The minimum Gasteiger partial charge on any atom is -0.0642 e. The van der Waals surface area contributed by atoms with Crippen molar-refractivity contribution in [2.45, 2.75) is 38.5 Å². The molecule has 0 aromatic heterocycles. The molecular formula is C26H30BrP. The molecule has 0 bridgehead atoms. The first kappa shape index (κ1) is 21.3. The van der Waals surface area contributed by atoms with Crippen LogP contribution in [-0.4, -0.2) is 6.16 Å². The van der Waals surface area contributed by atoms with E-state index in [1.165, 1.54) is 42.1 Å². The molecule has 0 spiro atoms. The molecule has 1 atom stereocenters. The summed E-state index contributed by atoms with van der Waals surface area (Å²) in [7, 11) is 0.884. The molecule has 0 saturated heterocycles. The molecule has 0 radical (unpaired) electrons. The molecule has 3 aromatic carbocycles. The van der Waals surface area contributed by atoms with Gasteiger partial charge in [-0.15, -0.1) is 0 Å². The van der Waals surface area contributed by atoms with Crippen molar-refractivity contribution < 1.29 is 0 Å². The summed E-state index contributed by atoms with van der Waals surface area (Å²) in [6, 6.07) is 33.2. The topological polar surface area (TPSA) is 0 Å². The Morgan fingerprint density at radius 3 is 1.32 bits per heavy atom. The number of benzene rings is 3. The van der Waals surface area contributed by atoms with Crippen LogP contribution in [0.4, 0.5) is 0 Å². The van der Waals surface area contributed by atoms with Gasteiger partial charge < -0.3 is 0 Å². The van der Waals surface area contributed by atoms with Gasteiger partial charge in [0.05, 0.1) is 0 Å². The summed E-state index contributed by atoms with van der Waals surface area (Å²) in [4.78, 5) is 0. The normalized spacial score (nSPS) is 11.9. The fourth-order valence-electron chi connectivity index (χ4n) is 4.23. The summed E-state index contributed by atoms with van der Waals surface area (Å²) >= 11 is 3.62. The molecule has 1 unspecified atom stereocenters. The van der Waals surface area contributed by atoms with Crippen LogP contribution in [-0.2, 0) is 19.3 Å². The van der Waals surface area contributed by atoms with E-state index in [9.17, 15) is 0 Å². The highest BCUT2D eigenvalue weighted by molar-refractivity contribution is 9.36. The van der Waals surface area contributed by atoms with Crippen LogP contribution in [0.3, 0.4) is 0 Å². The summed E-state index contributed by atoms with van der Waals surface area (Å²) in [6.45, 7) is 0. The second-order valence-corrected chi connectivity index (χ2v) is 10.3. The van der Waals surface area contributed by atoms with E-state index in [1.54, 1.807) is 0 Å². The lowest BCUT2D eigenvalue weighted by molar-refractivity contribution is 0.246. The highest BCUT2D eigenvalue weighted by Gasteiger charge is 2.30. The fourth-order valence-corrected chi connectivity index (χ4v) is 5.46. The number of hydrogen-bond donors (Lipinski definition) is 0. The van der Waals surface area contributed by atoms with Gasteiger partial charge in [0.1, 0.15) is 0 Å². The highest BCUT2D eigenvalue weighted by Crippen LogP contribution is 2.38. The van der Waals surface area contributed by atoms with Crippen LogP contribution < -0.4 is 0 Å². The van der Waals surface area contributed by atoms with Crippen molar-refractivity contribution in [3.63, 3.8) is 0 Å². The van der Waals surface area contributed by atoms with Gasteiger partial charge in [-0.2, -0.15) is 0 Å². The van der Waals surface area contributed by atoms with E-state index in [0.717, 1.165) is 26.5 Å². The third-order valence-corrected chi connectivity index (χ3v) is 7.23. The van der Waals surface area contributed by atoms with Crippen LogP contribution in [0.2, 0.25) is 0 Å². The Morgan fingerprint density at radius 2 is 0.964 bits per heavy atom. The van der Waals surface area contributed by atoms with Crippen molar-refractivity contribution in [3.05, 3.63) is 108 Å². The van der Waals surface area contributed by atoms with E-state index in [-0.39, 0.29) is 5.41 Å². The Balaban J connectivity index is 1.90. The monoisotopic (exact) mass is 452 g/mol. The molecule has 0 aliphatic heterocycles. The van der Waals surface area contributed by atoms with Gasteiger partial charge in [0.25, 0.3) is 0 Å². The Kier molecular flexibility index (Phi) is 8.77. The quantitative estimate of drug-likeness (QED) is 0.205. The van der Waals surface area contributed by atoms with Crippen molar-refractivity contribution >= 4 is 22.8 Å². The first-order valence-electron chi connectivity index (χ1n) is 10.2. The molecule has 2 heteroatoms. The smallest absolute Gasteiger partial charge is 0.0176 e. The summed E-state index contributed by atoms with van der Waals surface area (Å²) < 4.78 is 0. The van der Waals surface area contributed by atoms with Gasteiger partial charge in [-0.25, -0.2) is 0 Å². The van der Waals surface area contributed by atoms with Crippen LogP contribution in [0.25, 0.3) is 0 Å². The molecule has 28 heavy (non-hydrogen) atoms. The average molecular weight is 453 g/mol. The van der Waals surface area contributed by atoms with Crippen molar-refractivity contribution in [2.75, 3.05) is 6.16 Å². The molecule has 0 saturated carbocycles. The van der Waals surface area contributed by atoms with Crippen molar-refractivity contribution in [1.82, 2.24) is 0 Å². The fraction of sp³-hybridized carbons (Fsp3) is 0.308. The van der Waals surface area contributed by atoms with Crippen LogP contribution in [0.15, 0.2) is 91.0 Å². The number of unbranched alkanes of at least 4 members (excludes halogenated alkanes) is 1. The van der Waals surface area contributed by atoms with Crippen molar-refractivity contribution in [3.8, 4) is 0 Å². The lowest BCUT2D eigenvalue weighted by atomic mass is 9.69. The second kappa shape index (κ2) is 11.5. The maximum Gasteiger partial charge on any atom is -0.0176 e. The molecule has 0 N–H and O–H groups in total. The van der Waals surface area contributed by atoms with Gasteiger partial charge in [0.15, 0.2) is 0 Å². The lowest BCUT2D eigenvalue weighted by Gasteiger charge is -2.35. The minimum absolute atomic E-state index is 0.249. The zero-order valence-corrected chi connectivity index (χ0v) is 19.1. The maximum atomic E-state index is 3.62. The van der Waals surface area contributed by atoms with E-state index in [1.807, 2.05) is 0 Å². The van der Waals surface area contributed by atoms with E-state index in [0.29, 0.717) is 0 Å². The number of hydrogen-bond acceptors (Lipinski definition) is 0. The Labute approximate surface area is 180 Å². The molecule has 0 heterocycles. The predicted octanol–water partition coefficient (Wildman–Crippen LogP) is 7.86. The number of rotatable bonds is 11. The molecule has 0 aliphatic carbocycles.